The largest absolute Gasteiger partial charge is 0.350 e. The third-order valence-corrected chi connectivity index (χ3v) is 5.99. The molecule has 1 fully saturated rings. The van der Waals surface area contributed by atoms with Crippen molar-refractivity contribution in [3.63, 3.8) is 0 Å². The van der Waals surface area contributed by atoms with Crippen LogP contribution in [0.1, 0.15) is 17.0 Å². The molecule has 5 nitrogen and oxygen atoms in total. The molecule has 0 bridgehead atoms. The number of carbonyl (C=O) groups excluding carboxylic acids is 1. The van der Waals surface area contributed by atoms with Crippen LogP contribution >= 0.6 is 31.9 Å². The molecule has 0 amide bonds. The van der Waals surface area contributed by atoms with Crippen LogP contribution in [-0.4, -0.2) is 11.7 Å². The zero-order valence-electron chi connectivity index (χ0n) is 13.1. The van der Waals surface area contributed by atoms with Crippen molar-refractivity contribution >= 4 is 43.5 Å². The van der Waals surface area contributed by atoms with Gasteiger partial charge in [0.1, 0.15) is 5.71 Å². The van der Waals surface area contributed by atoms with E-state index in [-0.39, 0.29) is 0 Å². The molecule has 0 aromatic heterocycles. The minimum atomic E-state index is -1.56. The third kappa shape index (κ3) is 1.99. The highest BCUT2D eigenvalue weighted by Gasteiger charge is 2.88. The van der Waals surface area contributed by atoms with Crippen molar-refractivity contribution in [2.45, 2.75) is 5.92 Å². The lowest BCUT2D eigenvalue weighted by molar-refractivity contribution is -0.145. The summed E-state index contributed by atoms with van der Waals surface area (Å²) >= 11 is 6.77. The number of nitrogens with zero attached hydrogens (tertiary/aromatic N) is 3. The molecule has 1 aliphatic heterocycles. The molecule has 2 unspecified atom stereocenters. The molecule has 2 aromatic carbocycles. The molecule has 2 aliphatic rings. The van der Waals surface area contributed by atoms with Gasteiger partial charge in [0.25, 0.3) is 0 Å². The molecule has 0 radical (unpaired) electrons. The van der Waals surface area contributed by atoms with Gasteiger partial charge in [-0.05, 0) is 29.8 Å². The summed E-state index contributed by atoms with van der Waals surface area (Å²) in [5.41, 5.74) is -1.31. The van der Waals surface area contributed by atoms with Crippen LogP contribution in [0.5, 0.6) is 0 Å². The van der Waals surface area contributed by atoms with Crippen LogP contribution in [0.25, 0.3) is 0 Å². The topological polar surface area (TPSA) is 86.2 Å². The van der Waals surface area contributed by atoms with E-state index in [2.05, 4.69) is 49.2 Å². The lowest BCUT2D eigenvalue weighted by Crippen LogP contribution is -2.28. The van der Waals surface area contributed by atoms with Crippen LogP contribution in [0.4, 0.5) is 0 Å². The number of nitriles is 2. The Hall–Kier alpha value is -2.48. The highest BCUT2D eigenvalue weighted by Crippen LogP contribution is 2.76. The van der Waals surface area contributed by atoms with Gasteiger partial charge in [0.15, 0.2) is 10.8 Å². The van der Waals surface area contributed by atoms with Crippen molar-refractivity contribution in [1.29, 1.82) is 10.5 Å². The quantitative estimate of drug-likeness (QED) is 0.612. The number of hydrogen-bond donors (Lipinski definition) is 0. The standard InChI is InChI=1S/C19H9Br2N3O2/c20-13-6-4-11(5-7-13)16-19(17(25)26-24-16)15(18(19,9-22)10-23)12-2-1-3-14(21)8-12/h1-8,15H. The summed E-state index contributed by atoms with van der Waals surface area (Å²) in [5.74, 6) is -1.32. The summed E-state index contributed by atoms with van der Waals surface area (Å²) in [4.78, 5) is 17.7. The minimum Gasteiger partial charge on any atom is -0.317 e. The molecule has 1 spiro atoms. The van der Waals surface area contributed by atoms with Gasteiger partial charge in [-0.25, -0.2) is 4.79 Å². The second-order valence-corrected chi connectivity index (χ2v) is 7.98. The number of benzene rings is 2. The molecule has 1 heterocycles. The van der Waals surface area contributed by atoms with Gasteiger partial charge in [-0.3, -0.25) is 0 Å². The van der Waals surface area contributed by atoms with Crippen molar-refractivity contribution in [3.8, 4) is 12.1 Å². The van der Waals surface area contributed by atoms with Crippen LogP contribution < -0.4 is 0 Å². The van der Waals surface area contributed by atoms with Crippen molar-refractivity contribution < 1.29 is 9.63 Å². The fraction of sp³-hybridized carbons (Fsp3) is 0.158. The average Bonchev–Trinajstić information content (AvgIpc) is 3.13. The first-order chi connectivity index (χ1) is 12.5. The molecular formula is C19H9Br2N3O2. The smallest absolute Gasteiger partial charge is 0.317 e. The zero-order chi connectivity index (χ0) is 18.5. The van der Waals surface area contributed by atoms with Gasteiger partial charge >= 0.3 is 5.97 Å². The summed E-state index contributed by atoms with van der Waals surface area (Å²) in [6.45, 7) is 0. The monoisotopic (exact) mass is 469 g/mol. The van der Waals surface area contributed by atoms with E-state index in [0.29, 0.717) is 16.8 Å². The van der Waals surface area contributed by atoms with Gasteiger partial charge in [-0.2, -0.15) is 10.5 Å². The Kier molecular flexibility index (Phi) is 3.76. The fourth-order valence-corrected chi connectivity index (χ4v) is 4.49. The lowest BCUT2D eigenvalue weighted by atomic mass is 9.86. The summed E-state index contributed by atoms with van der Waals surface area (Å²) in [6.07, 6.45) is 0. The minimum absolute atomic E-state index is 0.322. The van der Waals surface area contributed by atoms with Crippen LogP contribution in [0, 0.1) is 33.5 Å². The zero-order valence-corrected chi connectivity index (χ0v) is 16.3. The normalized spacial score (nSPS) is 25.2. The molecule has 0 N–H and O–H groups in total. The average molecular weight is 471 g/mol. The Labute approximate surface area is 166 Å². The Morgan fingerprint density at radius 1 is 1.04 bits per heavy atom. The van der Waals surface area contributed by atoms with E-state index in [1.54, 1.807) is 18.2 Å². The molecule has 0 saturated heterocycles. The van der Waals surface area contributed by atoms with Crippen LogP contribution in [-0.2, 0) is 9.63 Å². The number of hydrogen-bond acceptors (Lipinski definition) is 5. The number of rotatable bonds is 2. The summed E-state index contributed by atoms with van der Waals surface area (Å²) in [6, 6.07) is 18.6. The second-order valence-electron chi connectivity index (χ2n) is 6.15. The van der Waals surface area contributed by atoms with Gasteiger partial charge in [-0.1, -0.05) is 61.3 Å². The SMILES string of the molecule is N#CC1(C#N)C(c2cccc(Br)c2)C12C(=O)ON=C2c1ccc(Br)cc1. The molecular weight excluding hydrogens is 462 g/mol. The Bertz CT molecular complexity index is 1040. The number of halogens is 2. The maximum absolute atomic E-state index is 12.8. The third-order valence-electron chi connectivity index (χ3n) is 4.97. The molecule has 26 heavy (non-hydrogen) atoms. The Morgan fingerprint density at radius 3 is 2.35 bits per heavy atom. The van der Waals surface area contributed by atoms with E-state index < -0.39 is 22.7 Å². The second kappa shape index (κ2) is 5.77. The van der Waals surface area contributed by atoms with E-state index in [9.17, 15) is 15.3 Å². The summed E-state index contributed by atoms with van der Waals surface area (Å²) in [7, 11) is 0. The van der Waals surface area contributed by atoms with Crippen molar-refractivity contribution in [1.82, 2.24) is 0 Å². The fourth-order valence-electron chi connectivity index (χ4n) is 3.81. The van der Waals surface area contributed by atoms with Crippen LogP contribution in [0.15, 0.2) is 62.6 Å². The first-order valence-corrected chi connectivity index (χ1v) is 9.23. The van der Waals surface area contributed by atoms with Gasteiger partial charge in [0.2, 0.25) is 0 Å². The maximum Gasteiger partial charge on any atom is 0.350 e. The van der Waals surface area contributed by atoms with Crippen molar-refractivity contribution in [2.75, 3.05) is 0 Å². The van der Waals surface area contributed by atoms with Crippen molar-refractivity contribution in [3.05, 3.63) is 68.6 Å². The molecule has 2 aromatic rings. The maximum atomic E-state index is 12.8. The molecule has 1 saturated carbocycles. The highest BCUT2D eigenvalue weighted by atomic mass is 79.9. The summed E-state index contributed by atoms with van der Waals surface area (Å²) in [5, 5.41) is 23.7. The molecule has 126 valence electrons. The molecule has 4 rings (SSSR count). The van der Waals surface area contributed by atoms with E-state index >= 15 is 0 Å². The van der Waals surface area contributed by atoms with E-state index in [0.717, 1.165) is 8.95 Å². The van der Waals surface area contributed by atoms with Crippen LogP contribution in [0.3, 0.4) is 0 Å². The Balaban J connectivity index is 1.93. The van der Waals surface area contributed by atoms with E-state index in [4.69, 9.17) is 4.84 Å². The van der Waals surface area contributed by atoms with Crippen molar-refractivity contribution in [2.24, 2.45) is 16.0 Å². The van der Waals surface area contributed by atoms with Crippen LogP contribution in [0.2, 0.25) is 0 Å². The van der Waals surface area contributed by atoms with E-state index in [1.165, 1.54) is 0 Å². The highest BCUT2D eigenvalue weighted by molar-refractivity contribution is 9.10. The molecule has 7 heteroatoms. The van der Waals surface area contributed by atoms with Gasteiger partial charge < -0.3 is 4.84 Å². The van der Waals surface area contributed by atoms with Gasteiger partial charge in [-0.15, -0.1) is 0 Å². The first-order valence-electron chi connectivity index (χ1n) is 7.65. The Morgan fingerprint density at radius 2 is 1.73 bits per heavy atom. The molecule has 1 aliphatic carbocycles. The van der Waals surface area contributed by atoms with E-state index in [1.807, 2.05) is 30.3 Å². The predicted molar refractivity (Wildman–Crippen MR) is 99.7 cm³/mol. The molecule has 2 atom stereocenters. The van der Waals surface area contributed by atoms with Gasteiger partial charge in [0, 0.05) is 20.4 Å². The number of oxime groups is 1. The summed E-state index contributed by atoms with van der Waals surface area (Å²) < 4.78 is 1.67. The first kappa shape index (κ1) is 17.0. The van der Waals surface area contributed by atoms with Gasteiger partial charge in [0.05, 0.1) is 12.1 Å². The predicted octanol–water partition coefficient (Wildman–Crippen LogP) is 4.29. The lowest BCUT2D eigenvalue weighted by Gasteiger charge is -2.10. The number of carbonyl (C=O) groups is 1.